The van der Waals surface area contributed by atoms with Gasteiger partial charge in [-0.25, -0.2) is 0 Å². The summed E-state index contributed by atoms with van der Waals surface area (Å²) in [6.45, 7) is 3.14. The predicted molar refractivity (Wildman–Crippen MR) is 81.6 cm³/mol. The van der Waals surface area contributed by atoms with E-state index in [9.17, 15) is 0 Å². The highest BCUT2D eigenvalue weighted by molar-refractivity contribution is 5.25. The van der Waals surface area contributed by atoms with Crippen molar-refractivity contribution in [1.82, 2.24) is 15.1 Å². The highest BCUT2D eigenvalue weighted by Gasteiger charge is 2.31. The van der Waals surface area contributed by atoms with E-state index >= 15 is 0 Å². The van der Waals surface area contributed by atoms with Crippen LogP contribution in [-0.2, 0) is 13.5 Å². The first-order chi connectivity index (χ1) is 9.72. The molecule has 1 N–H and O–H groups in total. The molecule has 1 aromatic heterocycles. The average Bonchev–Trinajstić information content (AvgIpc) is 3.19. The van der Waals surface area contributed by atoms with Crippen molar-refractivity contribution in [2.75, 3.05) is 6.54 Å². The lowest BCUT2D eigenvalue weighted by molar-refractivity contribution is 0.482. The number of nitrogens with zero attached hydrogens (tertiary/aromatic N) is 2. The Labute approximate surface area is 121 Å². The topological polar surface area (TPSA) is 29.9 Å². The molecule has 2 aromatic rings. The van der Waals surface area contributed by atoms with Gasteiger partial charge in [-0.15, -0.1) is 0 Å². The first kappa shape index (κ1) is 13.4. The van der Waals surface area contributed by atoms with Gasteiger partial charge in [0.05, 0.1) is 5.69 Å². The third-order valence-electron chi connectivity index (χ3n) is 4.04. The molecule has 20 heavy (non-hydrogen) atoms. The number of nitrogens with one attached hydrogen (secondary N) is 1. The van der Waals surface area contributed by atoms with Crippen LogP contribution in [0.15, 0.2) is 36.5 Å². The van der Waals surface area contributed by atoms with Gasteiger partial charge in [-0.1, -0.05) is 29.8 Å². The molecule has 0 amide bonds. The van der Waals surface area contributed by atoms with Crippen molar-refractivity contribution in [1.29, 1.82) is 0 Å². The molecule has 1 heterocycles. The van der Waals surface area contributed by atoms with E-state index in [4.69, 9.17) is 0 Å². The normalized spacial score (nSPS) is 16.3. The van der Waals surface area contributed by atoms with Gasteiger partial charge in [0.1, 0.15) is 0 Å². The molecule has 1 fully saturated rings. The van der Waals surface area contributed by atoms with Crippen LogP contribution in [0.1, 0.15) is 35.7 Å². The summed E-state index contributed by atoms with van der Waals surface area (Å²) in [5.74, 6) is 0.821. The van der Waals surface area contributed by atoms with Crippen molar-refractivity contribution < 1.29 is 0 Å². The number of aromatic nitrogens is 2. The van der Waals surface area contributed by atoms with Crippen molar-refractivity contribution in [3.63, 3.8) is 0 Å². The Morgan fingerprint density at radius 2 is 2.00 bits per heavy atom. The summed E-state index contributed by atoms with van der Waals surface area (Å²) >= 11 is 0. The molecule has 0 aliphatic heterocycles. The Morgan fingerprint density at radius 1 is 1.25 bits per heavy atom. The van der Waals surface area contributed by atoms with E-state index in [-0.39, 0.29) is 0 Å². The van der Waals surface area contributed by atoms with Crippen LogP contribution in [0.3, 0.4) is 0 Å². The van der Waals surface area contributed by atoms with Crippen LogP contribution in [0, 0.1) is 12.8 Å². The van der Waals surface area contributed by atoms with Crippen molar-refractivity contribution in [3.05, 3.63) is 53.3 Å². The van der Waals surface area contributed by atoms with E-state index in [0.717, 1.165) is 18.9 Å². The van der Waals surface area contributed by atoms with Crippen LogP contribution in [0.2, 0.25) is 0 Å². The van der Waals surface area contributed by atoms with Gasteiger partial charge in [-0.2, -0.15) is 5.10 Å². The quantitative estimate of drug-likeness (QED) is 0.873. The number of hydrogen-bond donors (Lipinski definition) is 1. The van der Waals surface area contributed by atoms with Gasteiger partial charge in [-0.3, -0.25) is 4.68 Å². The fourth-order valence-corrected chi connectivity index (χ4v) is 2.71. The van der Waals surface area contributed by atoms with Gasteiger partial charge in [0.15, 0.2) is 0 Å². The lowest BCUT2D eigenvalue weighted by Gasteiger charge is -2.18. The zero-order valence-corrected chi connectivity index (χ0v) is 12.3. The molecule has 1 aromatic carbocycles. The summed E-state index contributed by atoms with van der Waals surface area (Å²) in [6.07, 6.45) is 5.72. The third-order valence-corrected chi connectivity index (χ3v) is 4.04. The molecular formula is C17H23N3. The standard InChI is InChI=1S/C17H23N3/c1-13-3-5-14(6-4-13)17(15-7-8-15)18-11-9-16-10-12-20(2)19-16/h3-6,10,12,15,17-18H,7-9,11H2,1-2H3. The van der Waals surface area contributed by atoms with Crippen molar-refractivity contribution in [2.24, 2.45) is 13.0 Å². The van der Waals surface area contributed by atoms with Gasteiger partial charge in [0.25, 0.3) is 0 Å². The summed E-state index contributed by atoms with van der Waals surface area (Å²) in [6, 6.07) is 11.6. The molecule has 0 saturated heterocycles. The summed E-state index contributed by atoms with van der Waals surface area (Å²) < 4.78 is 1.87. The maximum Gasteiger partial charge on any atom is 0.0637 e. The van der Waals surface area contributed by atoms with Gasteiger partial charge in [0.2, 0.25) is 0 Å². The van der Waals surface area contributed by atoms with Crippen molar-refractivity contribution >= 4 is 0 Å². The molecule has 1 aliphatic rings. The second kappa shape index (κ2) is 5.80. The lowest BCUT2D eigenvalue weighted by Crippen LogP contribution is -2.25. The largest absolute Gasteiger partial charge is 0.309 e. The Hall–Kier alpha value is -1.61. The molecule has 106 valence electrons. The van der Waals surface area contributed by atoms with E-state index in [1.54, 1.807) is 0 Å². The van der Waals surface area contributed by atoms with Crippen LogP contribution in [0.5, 0.6) is 0 Å². The van der Waals surface area contributed by atoms with Gasteiger partial charge < -0.3 is 5.32 Å². The molecule has 1 aliphatic carbocycles. The molecule has 0 bridgehead atoms. The van der Waals surface area contributed by atoms with Crippen molar-refractivity contribution in [3.8, 4) is 0 Å². The fraction of sp³-hybridized carbons (Fsp3) is 0.471. The number of aryl methyl sites for hydroxylation is 2. The monoisotopic (exact) mass is 269 g/mol. The SMILES string of the molecule is Cc1ccc(C(NCCc2ccn(C)n2)C2CC2)cc1. The number of rotatable bonds is 6. The summed E-state index contributed by atoms with van der Waals surface area (Å²) in [4.78, 5) is 0. The Kier molecular flexibility index (Phi) is 3.88. The van der Waals surface area contributed by atoms with Crippen molar-refractivity contribution in [2.45, 2.75) is 32.2 Å². The van der Waals surface area contributed by atoms with Crippen LogP contribution < -0.4 is 5.32 Å². The highest BCUT2D eigenvalue weighted by atomic mass is 15.2. The Balaban J connectivity index is 1.59. The van der Waals surface area contributed by atoms with Crippen LogP contribution >= 0.6 is 0 Å². The zero-order valence-electron chi connectivity index (χ0n) is 12.3. The molecule has 0 spiro atoms. The smallest absolute Gasteiger partial charge is 0.0637 e. The summed E-state index contributed by atoms with van der Waals surface area (Å²) in [5, 5.41) is 8.15. The lowest BCUT2D eigenvalue weighted by atomic mass is 10.0. The van der Waals surface area contributed by atoms with E-state index in [1.807, 2.05) is 17.9 Å². The molecule has 0 radical (unpaired) electrons. The maximum atomic E-state index is 4.43. The molecule has 1 unspecified atom stereocenters. The molecular weight excluding hydrogens is 246 g/mol. The van der Waals surface area contributed by atoms with E-state index in [2.05, 4.69) is 47.7 Å². The first-order valence-electron chi connectivity index (χ1n) is 7.51. The van der Waals surface area contributed by atoms with E-state index in [0.29, 0.717) is 6.04 Å². The summed E-state index contributed by atoms with van der Waals surface area (Å²) in [5.41, 5.74) is 3.93. The van der Waals surface area contributed by atoms with Gasteiger partial charge in [-0.05, 0) is 37.3 Å². The maximum absolute atomic E-state index is 4.43. The zero-order chi connectivity index (χ0) is 13.9. The van der Waals surface area contributed by atoms with E-state index < -0.39 is 0 Å². The Morgan fingerprint density at radius 3 is 2.60 bits per heavy atom. The fourth-order valence-electron chi connectivity index (χ4n) is 2.71. The minimum atomic E-state index is 0.513. The molecule has 3 heteroatoms. The minimum absolute atomic E-state index is 0.513. The van der Waals surface area contributed by atoms with E-state index in [1.165, 1.54) is 29.7 Å². The molecule has 3 rings (SSSR count). The molecule has 1 saturated carbocycles. The molecule has 1 atom stereocenters. The predicted octanol–water partition coefficient (Wildman–Crippen LogP) is 3.01. The van der Waals surface area contributed by atoms with Crippen LogP contribution in [0.4, 0.5) is 0 Å². The third kappa shape index (κ3) is 3.28. The summed E-state index contributed by atoms with van der Waals surface area (Å²) in [7, 11) is 1.97. The highest BCUT2D eigenvalue weighted by Crippen LogP contribution is 2.40. The van der Waals surface area contributed by atoms with Gasteiger partial charge >= 0.3 is 0 Å². The van der Waals surface area contributed by atoms with Crippen LogP contribution in [-0.4, -0.2) is 16.3 Å². The first-order valence-corrected chi connectivity index (χ1v) is 7.51. The van der Waals surface area contributed by atoms with Gasteiger partial charge in [0, 0.05) is 32.3 Å². The number of benzene rings is 1. The minimum Gasteiger partial charge on any atom is -0.309 e. The molecule has 3 nitrogen and oxygen atoms in total. The number of hydrogen-bond acceptors (Lipinski definition) is 2. The Bertz CT molecular complexity index is 552. The van der Waals surface area contributed by atoms with Crippen LogP contribution in [0.25, 0.3) is 0 Å². The second-order valence-corrected chi connectivity index (χ2v) is 5.91. The second-order valence-electron chi connectivity index (χ2n) is 5.91. The average molecular weight is 269 g/mol.